The normalized spacial score (nSPS) is 19.2. The summed E-state index contributed by atoms with van der Waals surface area (Å²) in [6.45, 7) is 2.91. The Bertz CT molecular complexity index is 430. The molecule has 0 aromatic heterocycles. The summed E-state index contributed by atoms with van der Waals surface area (Å²) in [5.74, 6) is 0.419. The number of ether oxygens (including phenoxy) is 3. The molecular weight excluding hydrogens is 244 g/mol. The lowest BCUT2D eigenvalue weighted by Gasteiger charge is -2.24. The zero-order chi connectivity index (χ0) is 13.7. The predicted octanol–water partition coefficient (Wildman–Crippen LogP) is 2.52. The Hall–Kier alpha value is -1.55. The van der Waals surface area contributed by atoms with Crippen molar-refractivity contribution in [2.75, 3.05) is 20.3 Å². The van der Waals surface area contributed by atoms with E-state index in [-0.39, 0.29) is 18.0 Å². The predicted molar refractivity (Wildman–Crippen MR) is 71.3 cm³/mol. The van der Waals surface area contributed by atoms with Crippen LogP contribution in [-0.2, 0) is 14.3 Å². The van der Waals surface area contributed by atoms with Crippen LogP contribution in [0.25, 0.3) is 0 Å². The van der Waals surface area contributed by atoms with Crippen LogP contribution in [0.4, 0.5) is 0 Å². The number of carbonyl (C=O) groups is 1. The highest BCUT2D eigenvalue weighted by molar-refractivity contribution is 5.79. The molecule has 1 heterocycles. The Morgan fingerprint density at radius 1 is 1.47 bits per heavy atom. The van der Waals surface area contributed by atoms with Gasteiger partial charge in [0.25, 0.3) is 0 Å². The summed E-state index contributed by atoms with van der Waals surface area (Å²) in [6.07, 6.45) is 1.50. The fraction of sp³-hybridized carbons (Fsp3) is 0.533. The van der Waals surface area contributed by atoms with Crippen molar-refractivity contribution in [3.8, 4) is 5.75 Å². The average Bonchev–Trinajstić information content (AvgIpc) is 2.46. The third kappa shape index (κ3) is 3.47. The van der Waals surface area contributed by atoms with Gasteiger partial charge in [-0.25, -0.2) is 0 Å². The van der Waals surface area contributed by atoms with Crippen molar-refractivity contribution in [2.24, 2.45) is 0 Å². The van der Waals surface area contributed by atoms with Gasteiger partial charge in [-0.15, -0.1) is 0 Å². The van der Waals surface area contributed by atoms with Crippen molar-refractivity contribution in [1.29, 1.82) is 0 Å². The number of hydrogen-bond acceptors (Lipinski definition) is 4. The van der Waals surface area contributed by atoms with E-state index in [9.17, 15) is 4.79 Å². The fourth-order valence-electron chi connectivity index (χ4n) is 2.13. The molecule has 0 aliphatic carbocycles. The lowest BCUT2D eigenvalue weighted by atomic mass is 9.93. The molecule has 104 valence electrons. The first kappa shape index (κ1) is 13.9. The van der Waals surface area contributed by atoms with Crippen LogP contribution < -0.4 is 4.74 Å². The average molecular weight is 264 g/mol. The minimum Gasteiger partial charge on any atom is -0.493 e. The molecule has 2 atom stereocenters. The molecule has 0 radical (unpaired) electrons. The maximum atomic E-state index is 12.1. The van der Waals surface area contributed by atoms with E-state index >= 15 is 0 Å². The molecule has 1 aromatic rings. The molecule has 1 aromatic carbocycles. The molecule has 0 saturated carbocycles. The smallest absolute Gasteiger partial charge is 0.313 e. The van der Waals surface area contributed by atoms with Gasteiger partial charge in [0.1, 0.15) is 5.75 Å². The van der Waals surface area contributed by atoms with Crippen LogP contribution in [0.15, 0.2) is 24.3 Å². The number of hydrogen-bond donors (Lipinski definition) is 0. The van der Waals surface area contributed by atoms with Crippen molar-refractivity contribution in [3.05, 3.63) is 29.8 Å². The van der Waals surface area contributed by atoms with Gasteiger partial charge >= 0.3 is 5.97 Å². The van der Waals surface area contributed by atoms with E-state index in [1.807, 2.05) is 31.2 Å². The molecule has 0 unspecified atom stereocenters. The summed E-state index contributed by atoms with van der Waals surface area (Å²) in [5.41, 5.74) is 0.929. The highest BCUT2D eigenvalue weighted by Gasteiger charge is 2.28. The van der Waals surface area contributed by atoms with E-state index in [0.29, 0.717) is 26.1 Å². The maximum absolute atomic E-state index is 12.1. The second kappa shape index (κ2) is 6.57. The van der Waals surface area contributed by atoms with E-state index in [1.165, 1.54) is 0 Å². The van der Waals surface area contributed by atoms with Crippen molar-refractivity contribution in [3.63, 3.8) is 0 Å². The standard InChI is InChI=1S/C15H20O4/c1-11(17-2)7-9-19-15(16)13-8-10-18-14-6-4-3-5-12(13)14/h3-6,11,13H,7-10H2,1-2H3/t11-,13-/m1/s1. The summed E-state index contributed by atoms with van der Waals surface area (Å²) in [7, 11) is 1.65. The van der Waals surface area contributed by atoms with Crippen LogP contribution in [-0.4, -0.2) is 32.4 Å². The lowest BCUT2D eigenvalue weighted by molar-refractivity contribution is -0.146. The number of rotatable bonds is 5. The third-order valence-corrected chi connectivity index (χ3v) is 3.41. The van der Waals surface area contributed by atoms with Crippen LogP contribution >= 0.6 is 0 Å². The van der Waals surface area contributed by atoms with Gasteiger partial charge in [0.05, 0.1) is 25.2 Å². The summed E-state index contributed by atoms with van der Waals surface area (Å²) in [6, 6.07) is 7.65. The molecule has 19 heavy (non-hydrogen) atoms. The molecular formula is C15H20O4. The lowest BCUT2D eigenvalue weighted by Crippen LogP contribution is -2.24. The van der Waals surface area contributed by atoms with Gasteiger partial charge in [0.2, 0.25) is 0 Å². The van der Waals surface area contributed by atoms with Gasteiger partial charge in [-0.3, -0.25) is 4.79 Å². The molecule has 1 aliphatic rings. The monoisotopic (exact) mass is 264 g/mol. The minimum absolute atomic E-state index is 0.106. The third-order valence-electron chi connectivity index (χ3n) is 3.41. The highest BCUT2D eigenvalue weighted by Crippen LogP contribution is 2.34. The largest absolute Gasteiger partial charge is 0.493 e. The second-order valence-electron chi connectivity index (χ2n) is 4.73. The van der Waals surface area contributed by atoms with E-state index in [2.05, 4.69) is 0 Å². The van der Waals surface area contributed by atoms with Gasteiger partial charge in [0.15, 0.2) is 0 Å². The number of para-hydroxylation sites is 1. The molecule has 2 rings (SSSR count). The first-order chi connectivity index (χ1) is 9.22. The van der Waals surface area contributed by atoms with Crippen molar-refractivity contribution < 1.29 is 19.0 Å². The summed E-state index contributed by atoms with van der Waals surface area (Å²) >= 11 is 0. The first-order valence-electron chi connectivity index (χ1n) is 6.63. The molecule has 1 aliphatic heterocycles. The number of fused-ring (bicyclic) bond motifs is 1. The number of methoxy groups -OCH3 is 1. The van der Waals surface area contributed by atoms with Gasteiger partial charge in [-0.05, 0) is 19.4 Å². The second-order valence-corrected chi connectivity index (χ2v) is 4.73. The summed E-state index contributed by atoms with van der Waals surface area (Å²) in [4.78, 5) is 12.1. The van der Waals surface area contributed by atoms with Crippen LogP contribution in [0, 0.1) is 0 Å². The summed E-state index contributed by atoms with van der Waals surface area (Å²) in [5, 5.41) is 0. The van der Waals surface area contributed by atoms with Gasteiger partial charge < -0.3 is 14.2 Å². The molecule has 0 bridgehead atoms. The van der Waals surface area contributed by atoms with E-state index < -0.39 is 0 Å². The Balaban J connectivity index is 1.93. The molecule has 0 saturated heterocycles. The number of carbonyl (C=O) groups excluding carboxylic acids is 1. The first-order valence-corrected chi connectivity index (χ1v) is 6.63. The SMILES string of the molecule is CO[C@H](C)CCOC(=O)[C@@H]1CCOc2ccccc21. The molecule has 0 amide bonds. The molecule has 0 fully saturated rings. The number of benzene rings is 1. The molecule has 0 spiro atoms. The van der Waals surface area contributed by atoms with E-state index in [4.69, 9.17) is 14.2 Å². The topological polar surface area (TPSA) is 44.8 Å². The fourth-order valence-corrected chi connectivity index (χ4v) is 2.13. The summed E-state index contributed by atoms with van der Waals surface area (Å²) < 4.78 is 16.0. The minimum atomic E-state index is -0.206. The molecule has 4 nitrogen and oxygen atoms in total. The maximum Gasteiger partial charge on any atom is 0.313 e. The molecule has 4 heteroatoms. The van der Waals surface area contributed by atoms with E-state index in [1.54, 1.807) is 7.11 Å². The van der Waals surface area contributed by atoms with E-state index in [0.717, 1.165) is 11.3 Å². The Morgan fingerprint density at radius 2 is 2.26 bits per heavy atom. The zero-order valence-corrected chi connectivity index (χ0v) is 11.4. The number of esters is 1. The van der Waals surface area contributed by atoms with Gasteiger partial charge in [-0.2, -0.15) is 0 Å². The van der Waals surface area contributed by atoms with Gasteiger partial charge in [0, 0.05) is 19.1 Å². The van der Waals surface area contributed by atoms with Crippen molar-refractivity contribution in [2.45, 2.75) is 31.8 Å². The highest BCUT2D eigenvalue weighted by atomic mass is 16.5. The van der Waals surface area contributed by atoms with Crippen LogP contribution in [0.1, 0.15) is 31.2 Å². The Kier molecular flexibility index (Phi) is 4.80. The Labute approximate surface area is 113 Å². The quantitative estimate of drug-likeness (QED) is 0.767. The van der Waals surface area contributed by atoms with Gasteiger partial charge in [-0.1, -0.05) is 18.2 Å². The zero-order valence-electron chi connectivity index (χ0n) is 11.4. The van der Waals surface area contributed by atoms with Crippen LogP contribution in [0.3, 0.4) is 0 Å². The van der Waals surface area contributed by atoms with Crippen LogP contribution in [0.2, 0.25) is 0 Å². The van der Waals surface area contributed by atoms with Crippen molar-refractivity contribution >= 4 is 5.97 Å². The van der Waals surface area contributed by atoms with Crippen LogP contribution in [0.5, 0.6) is 5.75 Å². The van der Waals surface area contributed by atoms with Crippen molar-refractivity contribution in [1.82, 2.24) is 0 Å². The Morgan fingerprint density at radius 3 is 3.05 bits per heavy atom. The molecule has 0 N–H and O–H groups in total.